The van der Waals surface area contributed by atoms with E-state index in [1.165, 1.54) is 24.3 Å². The minimum atomic E-state index is -3.83. The van der Waals surface area contributed by atoms with E-state index in [1.807, 2.05) is 6.07 Å². The zero-order chi connectivity index (χ0) is 21.6. The SMILES string of the molecule is N#Cc1cccc(OCC(=O)Nc2cccc(S(=O)(=O)Nc3ccc(Br)cc3)c2)c1. The lowest BCUT2D eigenvalue weighted by molar-refractivity contribution is -0.118. The molecule has 3 rings (SSSR count). The Hall–Kier alpha value is -3.35. The Morgan fingerprint density at radius 1 is 1.00 bits per heavy atom. The van der Waals surface area contributed by atoms with E-state index in [0.29, 0.717) is 22.7 Å². The number of benzene rings is 3. The highest BCUT2D eigenvalue weighted by Gasteiger charge is 2.15. The van der Waals surface area contributed by atoms with Crippen LogP contribution in [0.1, 0.15) is 5.56 Å². The van der Waals surface area contributed by atoms with Gasteiger partial charge in [0.15, 0.2) is 6.61 Å². The molecule has 2 N–H and O–H groups in total. The summed E-state index contributed by atoms with van der Waals surface area (Å²) in [4.78, 5) is 12.2. The molecule has 0 fully saturated rings. The summed E-state index contributed by atoms with van der Waals surface area (Å²) in [6.07, 6.45) is 0. The average Bonchev–Trinajstić information content (AvgIpc) is 2.74. The molecule has 0 spiro atoms. The molecule has 0 aliphatic carbocycles. The summed E-state index contributed by atoms with van der Waals surface area (Å²) in [6, 6.07) is 21.0. The van der Waals surface area contributed by atoms with Crippen LogP contribution < -0.4 is 14.8 Å². The van der Waals surface area contributed by atoms with E-state index in [2.05, 4.69) is 26.0 Å². The number of hydrogen-bond donors (Lipinski definition) is 2. The van der Waals surface area contributed by atoms with Crippen LogP contribution in [0.5, 0.6) is 5.75 Å². The number of amides is 1. The van der Waals surface area contributed by atoms with Crippen LogP contribution in [0.4, 0.5) is 11.4 Å². The Bertz CT molecular complexity index is 1210. The largest absolute Gasteiger partial charge is 0.484 e. The second-order valence-electron chi connectivity index (χ2n) is 6.12. The van der Waals surface area contributed by atoms with Crippen LogP contribution in [0.2, 0.25) is 0 Å². The quantitative estimate of drug-likeness (QED) is 0.522. The predicted molar refractivity (Wildman–Crippen MR) is 117 cm³/mol. The maximum absolute atomic E-state index is 12.6. The van der Waals surface area contributed by atoms with Crippen molar-refractivity contribution in [2.45, 2.75) is 4.90 Å². The number of ether oxygens (including phenoxy) is 1. The van der Waals surface area contributed by atoms with Gasteiger partial charge in [-0.25, -0.2) is 8.42 Å². The van der Waals surface area contributed by atoms with E-state index in [9.17, 15) is 13.2 Å². The fourth-order valence-corrected chi connectivity index (χ4v) is 3.84. The third-order valence-electron chi connectivity index (χ3n) is 3.86. The van der Waals surface area contributed by atoms with Gasteiger partial charge in [0.05, 0.1) is 16.5 Å². The number of nitrogens with zero attached hydrogens (tertiary/aromatic N) is 1. The van der Waals surface area contributed by atoms with Crippen molar-refractivity contribution in [2.24, 2.45) is 0 Å². The van der Waals surface area contributed by atoms with Crippen LogP contribution in [0, 0.1) is 11.3 Å². The Morgan fingerprint density at radius 2 is 1.73 bits per heavy atom. The molecule has 0 aromatic heterocycles. The van der Waals surface area contributed by atoms with Crippen LogP contribution in [-0.4, -0.2) is 20.9 Å². The molecule has 0 aliphatic heterocycles. The highest BCUT2D eigenvalue weighted by Crippen LogP contribution is 2.21. The van der Waals surface area contributed by atoms with Crippen molar-refractivity contribution < 1.29 is 17.9 Å². The van der Waals surface area contributed by atoms with Gasteiger partial charge in [-0.1, -0.05) is 28.1 Å². The molecule has 0 saturated heterocycles. The summed E-state index contributed by atoms with van der Waals surface area (Å²) in [6.45, 7) is -0.289. The Balaban J connectivity index is 1.65. The second-order valence-corrected chi connectivity index (χ2v) is 8.71. The summed E-state index contributed by atoms with van der Waals surface area (Å²) >= 11 is 3.30. The molecule has 0 saturated carbocycles. The van der Waals surface area contributed by atoms with Crippen molar-refractivity contribution in [1.82, 2.24) is 0 Å². The third-order valence-corrected chi connectivity index (χ3v) is 5.77. The molecule has 0 atom stereocenters. The van der Waals surface area contributed by atoms with Gasteiger partial charge in [0, 0.05) is 15.8 Å². The molecule has 152 valence electrons. The van der Waals surface area contributed by atoms with Crippen LogP contribution in [-0.2, 0) is 14.8 Å². The normalized spacial score (nSPS) is 10.7. The van der Waals surface area contributed by atoms with Gasteiger partial charge in [0.2, 0.25) is 0 Å². The minimum absolute atomic E-state index is 0.00542. The Kier molecular flexibility index (Phi) is 6.72. The number of sulfonamides is 1. The molecule has 0 unspecified atom stereocenters. The Morgan fingerprint density at radius 3 is 2.47 bits per heavy atom. The molecule has 3 aromatic rings. The zero-order valence-corrected chi connectivity index (χ0v) is 17.9. The first-order chi connectivity index (χ1) is 14.4. The fraction of sp³-hybridized carbons (Fsp3) is 0.0476. The average molecular weight is 486 g/mol. The van der Waals surface area contributed by atoms with Gasteiger partial charge in [-0.3, -0.25) is 9.52 Å². The highest BCUT2D eigenvalue weighted by atomic mass is 79.9. The summed E-state index contributed by atoms with van der Waals surface area (Å²) in [5.74, 6) is -0.0768. The first kappa shape index (κ1) is 21.4. The summed E-state index contributed by atoms with van der Waals surface area (Å²) < 4.78 is 33.9. The Labute approximate surface area is 182 Å². The highest BCUT2D eigenvalue weighted by molar-refractivity contribution is 9.10. The number of hydrogen-bond acceptors (Lipinski definition) is 5. The van der Waals surface area contributed by atoms with Crippen molar-refractivity contribution in [3.63, 3.8) is 0 Å². The number of nitrogens with one attached hydrogen (secondary N) is 2. The summed E-state index contributed by atoms with van der Waals surface area (Å²) in [5.41, 5.74) is 1.15. The standard InChI is InChI=1S/C21H16BrN3O4S/c22-16-7-9-17(10-8-16)25-30(27,28)20-6-2-4-18(12-20)24-21(26)14-29-19-5-1-3-15(11-19)13-23/h1-12,25H,14H2,(H,24,26). The first-order valence-electron chi connectivity index (χ1n) is 8.67. The lowest BCUT2D eigenvalue weighted by atomic mass is 10.2. The first-order valence-corrected chi connectivity index (χ1v) is 10.9. The molecular weight excluding hydrogens is 470 g/mol. The van der Waals surface area contributed by atoms with Gasteiger partial charge >= 0.3 is 0 Å². The number of nitriles is 1. The predicted octanol–water partition coefficient (Wildman–Crippen LogP) is 4.14. The van der Waals surface area contributed by atoms with Crippen molar-refractivity contribution in [2.75, 3.05) is 16.6 Å². The number of halogens is 1. The monoisotopic (exact) mass is 485 g/mol. The zero-order valence-electron chi connectivity index (χ0n) is 15.5. The maximum Gasteiger partial charge on any atom is 0.262 e. The number of rotatable bonds is 7. The van der Waals surface area contributed by atoms with Crippen LogP contribution in [0.3, 0.4) is 0 Å². The fourth-order valence-electron chi connectivity index (χ4n) is 2.47. The topological polar surface area (TPSA) is 108 Å². The molecule has 7 nitrogen and oxygen atoms in total. The van der Waals surface area contributed by atoms with E-state index in [1.54, 1.807) is 48.5 Å². The maximum atomic E-state index is 12.6. The number of anilines is 2. The smallest absolute Gasteiger partial charge is 0.262 e. The lowest BCUT2D eigenvalue weighted by Crippen LogP contribution is -2.20. The number of carbonyl (C=O) groups excluding carboxylic acids is 1. The number of carbonyl (C=O) groups is 1. The molecule has 9 heteroatoms. The van der Waals surface area contributed by atoms with Gasteiger partial charge in [-0.15, -0.1) is 0 Å². The van der Waals surface area contributed by atoms with Gasteiger partial charge in [0.1, 0.15) is 5.75 Å². The molecular formula is C21H16BrN3O4S. The molecule has 30 heavy (non-hydrogen) atoms. The second kappa shape index (κ2) is 9.43. The van der Waals surface area contributed by atoms with Gasteiger partial charge < -0.3 is 10.1 Å². The van der Waals surface area contributed by atoms with Crippen LogP contribution in [0.25, 0.3) is 0 Å². The summed E-state index contributed by atoms with van der Waals surface area (Å²) in [7, 11) is -3.83. The minimum Gasteiger partial charge on any atom is -0.484 e. The van der Waals surface area contributed by atoms with E-state index in [0.717, 1.165) is 4.47 Å². The van der Waals surface area contributed by atoms with Crippen molar-refractivity contribution >= 4 is 43.2 Å². The molecule has 0 bridgehead atoms. The van der Waals surface area contributed by atoms with Gasteiger partial charge in [-0.2, -0.15) is 5.26 Å². The summed E-state index contributed by atoms with van der Waals surface area (Å²) in [5, 5.41) is 11.5. The van der Waals surface area contributed by atoms with E-state index >= 15 is 0 Å². The van der Waals surface area contributed by atoms with Crippen molar-refractivity contribution in [3.05, 3.63) is 82.8 Å². The lowest BCUT2D eigenvalue weighted by Gasteiger charge is -2.11. The van der Waals surface area contributed by atoms with Crippen LogP contribution >= 0.6 is 15.9 Å². The molecule has 0 radical (unpaired) electrons. The molecule has 1 amide bonds. The molecule has 0 aliphatic rings. The van der Waals surface area contributed by atoms with Crippen molar-refractivity contribution in [3.8, 4) is 11.8 Å². The third kappa shape index (κ3) is 5.83. The van der Waals surface area contributed by atoms with E-state index in [-0.39, 0.29) is 11.5 Å². The molecule has 0 heterocycles. The van der Waals surface area contributed by atoms with Gasteiger partial charge in [-0.05, 0) is 60.7 Å². The van der Waals surface area contributed by atoms with Crippen LogP contribution in [0.15, 0.2) is 82.2 Å². The van der Waals surface area contributed by atoms with Gasteiger partial charge in [0.25, 0.3) is 15.9 Å². The van der Waals surface area contributed by atoms with E-state index in [4.69, 9.17) is 10.00 Å². The van der Waals surface area contributed by atoms with E-state index < -0.39 is 15.9 Å². The van der Waals surface area contributed by atoms with Crippen molar-refractivity contribution in [1.29, 1.82) is 5.26 Å². The molecule has 3 aromatic carbocycles.